The van der Waals surface area contributed by atoms with Gasteiger partial charge in [-0.2, -0.15) is 0 Å². The normalized spacial score (nSPS) is 11.4. The third kappa shape index (κ3) is 2.98. The maximum atomic E-state index is 12.2. The van der Waals surface area contributed by atoms with Crippen LogP contribution in [0.2, 0.25) is 0 Å². The molecule has 1 N–H and O–H groups in total. The fourth-order valence-corrected chi connectivity index (χ4v) is 3.00. The highest BCUT2D eigenvalue weighted by atomic mass is 32.1. The van der Waals surface area contributed by atoms with Crippen molar-refractivity contribution in [3.63, 3.8) is 0 Å². The predicted octanol–water partition coefficient (Wildman–Crippen LogP) is 3.05. The van der Waals surface area contributed by atoms with E-state index in [1.807, 2.05) is 6.07 Å². The van der Waals surface area contributed by atoms with Gasteiger partial charge in [-0.3, -0.25) is 4.79 Å². The number of rotatable bonds is 6. The Labute approximate surface area is 117 Å². The first kappa shape index (κ1) is 14.1. The minimum atomic E-state index is -0.00629. The van der Waals surface area contributed by atoms with Crippen molar-refractivity contribution in [1.82, 2.24) is 9.88 Å². The Morgan fingerprint density at radius 2 is 2.32 bits per heavy atom. The smallest absolute Gasteiger partial charge is 0.267 e. The van der Waals surface area contributed by atoms with Gasteiger partial charge < -0.3 is 14.6 Å². The van der Waals surface area contributed by atoms with Gasteiger partial charge in [0.15, 0.2) is 0 Å². The molecule has 0 saturated carbocycles. The Bertz CT molecular complexity index is 557. The highest BCUT2D eigenvalue weighted by molar-refractivity contribution is 7.17. The molecule has 4 nitrogen and oxygen atoms in total. The van der Waals surface area contributed by atoms with Gasteiger partial charge in [-0.15, -0.1) is 11.3 Å². The van der Waals surface area contributed by atoms with E-state index in [0.717, 1.165) is 22.3 Å². The van der Waals surface area contributed by atoms with Crippen molar-refractivity contribution in [1.29, 1.82) is 0 Å². The van der Waals surface area contributed by atoms with E-state index in [2.05, 4.69) is 35.2 Å². The highest BCUT2D eigenvalue weighted by Gasteiger charge is 2.17. The van der Waals surface area contributed by atoms with E-state index in [4.69, 9.17) is 4.74 Å². The van der Waals surface area contributed by atoms with Gasteiger partial charge in [0, 0.05) is 26.3 Å². The van der Waals surface area contributed by atoms with Crippen LogP contribution in [0, 0.1) is 0 Å². The zero-order valence-electron chi connectivity index (χ0n) is 11.6. The number of nitrogens with one attached hydrogen (secondary N) is 1. The lowest BCUT2D eigenvalue weighted by Gasteiger charge is -2.14. The van der Waals surface area contributed by atoms with Crippen LogP contribution in [0.5, 0.6) is 0 Å². The van der Waals surface area contributed by atoms with Crippen LogP contribution in [0.1, 0.15) is 36.8 Å². The maximum absolute atomic E-state index is 12.2. The number of carbonyl (C=O) groups excluding carboxylic acids is 1. The van der Waals surface area contributed by atoms with E-state index in [1.54, 1.807) is 18.4 Å². The van der Waals surface area contributed by atoms with Gasteiger partial charge in [0.25, 0.3) is 5.91 Å². The predicted molar refractivity (Wildman–Crippen MR) is 79.0 cm³/mol. The lowest BCUT2D eigenvalue weighted by Crippen LogP contribution is -2.27. The average molecular weight is 280 g/mol. The number of thiophene rings is 1. The summed E-state index contributed by atoms with van der Waals surface area (Å²) < 4.78 is 8.23. The van der Waals surface area contributed by atoms with Crippen LogP contribution < -0.4 is 5.32 Å². The summed E-state index contributed by atoms with van der Waals surface area (Å²) in [7, 11) is 1.67. The second-order valence-electron chi connectivity index (χ2n) is 4.77. The Morgan fingerprint density at radius 3 is 3.00 bits per heavy atom. The van der Waals surface area contributed by atoms with E-state index in [1.165, 1.54) is 0 Å². The second-order valence-corrected chi connectivity index (χ2v) is 5.71. The summed E-state index contributed by atoms with van der Waals surface area (Å²) in [5.41, 5.74) is 1.89. The largest absolute Gasteiger partial charge is 0.385 e. The number of aromatic nitrogens is 1. The minimum absolute atomic E-state index is 0.00629. The molecule has 0 spiro atoms. The molecule has 2 heterocycles. The molecule has 104 valence electrons. The topological polar surface area (TPSA) is 43.3 Å². The van der Waals surface area contributed by atoms with Crippen LogP contribution in [0.25, 0.3) is 10.2 Å². The van der Waals surface area contributed by atoms with Gasteiger partial charge in [0.1, 0.15) is 5.69 Å². The van der Waals surface area contributed by atoms with Crippen LogP contribution in [-0.2, 0) is 4.74 Å². The van der Waals surface area contributed by atoms with Crippen molar-refractivity contribution < 1.29 is 9.53 Å². The summed E-state index contributed by atoms with van der Waals surface area (Å²) in [5, 5.41) is 5.00. The summed E-state index contributed by atoms with van der Waals surface area (Å²) in [4.78, 5) is 12.2. The van der Waals surface area contributed by atoms with Gasteiger partial charge >= 0.3 is 0 Å². The fraction of sp³-hybridized carbons (Fsp3) is 0.500. The average Bonchev–Trinajstić information content (AvgIpc) is 2.93. The second kappa shape index (κ2) is 6.21. The quantitative estimate of drug-likeness (QED) is 0.826. The number of methoxy groups -OCH3 is 1. The van der Waals surface area contributed by atoms with E-state index in [9.17, 15) is 4.79 Å². The number of amides is 1. The molecule has 5 heteroatoms. The van der Waals surface area contributed by atoms with Crippen molar-refractivity contribution in [3.8, 4) is 0 Å². The summed E-state index contributed by atoms with van der Waals surface area (Å²) in [6.45, 7) is 5.50. The third-order valence-corrected chi connectivity index (χ3v) is 3.87. The van der Waals surface area contributed by atoms with Crippen molar-refractivity contribution >= 4 is 27.5 Å². The molecule has 0 fully saturated rings. The number of hydrogen-bond donors (Lipinski definition) is 1. The van der Waals surface area contributed by atoms with Crippen LogP contribution in [-0.4, -0.2) is 30.7 Å². The number of nitrogens with zero attached hydrogens (tertiary/aromatic N) is 1. The third-order valence-electron chi connectivity index (χ3n) is 3.02. The van der Waals surface area contributed by atoms with Crippen molar-refractivity contribution in [2.45, 2.75) is 26.3 Å². The molecule has 0 aliphatic carbocycles. The Kier molecular flexibility index (Phi) is 4.61. The van der Waals surface area contributed by atoms with Crippen LogP contribution in [0.3, 0.4) is 0 Å². The van der Waals surface area contributed by atoms with Crippen molar-refractivity contribution in [2.24, 2.45) is 0 Å². The van der Waals surface area contributed by atoms with E-state index in [-0.39, 0.29) is 11.9 Å². The number of ether oxygens (including phenoxy) is 1. The van der Waals surface area contributed by atoms with Crippen LogP contribution in [0.15, 0.2) is 17.5 Å². The molecular formula is C14H20N2O2S. The van der Waals surface area contributed by atoms with E-state index in [0.29, 0.717) is 13.2 Å². The lowest BCUT2D eigenvalue weighted by atomic mass is 10.3. The van der Waals surface area contributed by atoms with E-state index < -0.39 is 0 Å². The molecule has 0 aromatic carbocycles. The molecule has 2 aromatic heterocycles. The summed E-state index contributed by atoms with van der Waals surface area (Å²) in [6, 6.07) is 4.32. The molecular weight excluding hydrogens is 260 g/mol. The van der Waals surface area contributed by atoms with Crippen LogP contribution >= 0.6 is 11.3 Å². The molecule has 1 amide bonds. The first-order valence-corrected chi connectivity index (χ1v) is 7.38. The maximum Gasteiger partial charge on any atom is 0.267 e. The standard InChI is InChI=1S/C14H20N2O2S/c1-10(2)16-11-5-8-19-13(11)9-12(16)14(17)15-6-4-7-18-3/h5,8-10H,4,6-7H2,1-3H3,(H,15,17). The number of fused-ring (bicyclic) bond motifs is 1. The Morgan fingerprint density at radius 1 is 1.53 bits per heavy atom. The van der Waals surface area contributed by atoms with Crippen molar-refractivity contribution in [3.05, 3.63) is 23.2 Å². The Balaban J connectivity index is 2.16. The van der Waals surface area contributed by atoms with Gasteiger partial charge in [0.2, 0.25) is 0 Å². The number of carbonyl (C=O) groups is 1. The Hall–Kier alpha value is -1.33. The highest BCUT2D eigenvalue weighted by Crippen LogP contribution is 2.28. The molecule has 0 bridgehead atoms. The SMILES string of the molecule is COCCCNC(=O)c1cc2sccc2n1C(C)C. The summed E-state index contributed by atoms with van der Waals surface area (Å²) >= 11 is 1.67. The molecule has 0 unspecified atom stereocenters. The fourth-order valence-electron chi connectivity index (χ4n) is 2.19. The molecule has 19 heavy (non-hydrogen) atoms. The molecule has 2 aromatic rings. The molecule has 0 aliphatic heterocycles. The summed E-state index contributed by atoms with van der Waals surface area (Å²) in [5.74, 6) is -0.00629. The molecule has 2 rings (SSSR count). The van der Waals surface area contributed by atoms with Gasteiger partial charge in [-0.25, -0.2) is 0 Å². The lowest BCUT2D eigenvalue weighted by molar-refractivity contribution is 0.0938. The number of hydrogen-bond acceptors (Lipinski definition) is 3. The molecule has 0 atom stereocenters. The summed E-state index contributed by atoms with van der Waals surface area (Å²) in [6.07, 6.45) is 0.832. The first-order valence-electron chi connectivity index (χ1n) is 6.50. The van der Waals surface area contributed by atoms with Crippen LogP contribution in [0.4, 0.5) is 0 Å². The molecule has 0 saturated heterocycles. The van der Waals surface area contributed by atoms with E-state index >= 15 is 0 Å². The van der Waals surface area contributed by atoms with Crippen molar-refractivity contribution in [2.75, 3.05) is 20.3 Å². The molecule has 0 radical (unpaired) electrons. The monoisotopic (exact) mass is 280 g/mol. The van der Waals surface area contributed by atoms with Gasteiger partial charge in [-0.1, -0.05) is 0 Å². The van der Waals surface area contributed by atoms with Gasteiger partial charge in [0.05, 0.1) is 10.2 Å². The zero-order valence-corrected chi connectivity index (χ0v) is 12.4. The molecule has 0 aliphatic rings. The van der Waals surface area contributed by atoms with Gasteiger partial charge in [-0.05, 0) is 37.8 Å². The first-order chi connectivity index (χ1) is 9.15. The minimum Gasteiger partial charge on any atom is -0.385 e. The zero-order chi connectivity index (χ0) is 13.8.